The lowest BCUT2D eigenvalue weighted by Gasteiger charge is -2.32. The van der Waals surface area contributed by atoms with E-state index < -0.39 is 0 Å². The van der Waals surface area contributed by atoms with Crippen molar-refractivity contribution in [2.24, 2.45) is 5.92 Å². The molecule has 0 aromatic heterocycles. The fraction of sp³-hybridized carbons (Fsp3) is 0.556. The van der Waals surface area contributed by atoms with E-state index >= 15 is 0 Å². The average Bonchev–Trinajstić information content (AvgIpc) is 2.66. The Morgan fingerprint density at radius 2 is 1.76 bits per heavy atom. The maximum atomic E-state index is 12.7. The Bertz CT molecular complexity index is 613. The first kappa shape index (κ1) is 19.4. The van der Waals surface area contributed by atoms with Crippen molar-refractivity contribution in [3.63, 3.8) is 0 Å². The Kier molecular flexibility index (Phi) is 6.99. The fourth-order valence-corrected chi connectivity index (χ4v) is 3.88. The summed E-state index contributed by atoms with van der Waals surface area (Å²) in [5.41, 5.74) is 0. The van der Waals surface area contributed by atoms with E-state index in [1.807, 2.05) is 30.0 Å². The summed E-state index contributed by atoms with van der Waals surface area (Å²) in [7, 11) is 4.59. The Balaban J connectivity index is 1.94. The average molecular weight is 367 g/mol. The summed E-state index contributed by atoms with van der Waals surface area (Å²) in [4.78, 5) is 27.0. The maximum Gasteiger partial charge on any atom is 0.308 e. The van der Waals surface area contributed by atoms with Crippen LogP contribution in [-0.2, 0) is 14.3 Å². The number of nitrogens with zero attached hydrogens (tertiary/aromatic N) is 1. The number of piperidine rings is 1. The van der Waals surface area contributed by atoms with Gasteiger partial charge in [0.25, 0.3) is 0 Å². The number of likely N-dealkylation sites (tertiary alicyclic amines) is 1. The number of benzene rings is 1. The van der Waals surface area contributed by atoms with Crippen molar-refractivity contribution in [3.8, 4) is 11.5 Å². The lowest BCUT2D eigenvalue weighted by Crippen LogP contribution is -2.43. The first-order chi connectivity index (χ1) is 12.0. The van der Waals surface area contributed by atoms with E-state index in [0.717, 1.165) is 4.90 Å². The van der Waals surface area contributed by atoms with Crippen LogP contribution in [0.15, 0.2) is 23.1 Å². The molecule has 1 fully saturated rings. The monoisotopic (exact) mass is 367 g/mol. The molecule has 1 heterocycles. The van der Waals surface area contributed by atoms with Gasteiger partial charge in [0.1, 0.15) is 0 Å². The van der Waals surface area contributed by atoms with Crippen molar-refractivity contribution in [2.75, 3.05) is 34.4 Å². The van der Waals surface area contributed by atoms with Gasteiger partial charge < -0.3 is 19.1 Å². The predicted molar refractivity (Wildman–Crippen MR) is 96.2 cm³/mol. The van der Waals surface area contributed by atoms with E-state index in [4.69, 9.17) is 14.2 Å². The van der Waals surface area contributed by atoms with Crippen LogP contribution in [0.1, 0.15) is 19.8 Å². The molecule has 1 aromatic rings. The number of methoxy groups -OCH3 is 3. The number of rotatable bonds is 6. The third-order valence-corrected chi connectivity index (χ3v) is 5.44. The van der Waals surface area contributed by atoms with Crippen molar-refractivity contribution in [2.45, 2.75) is 29.9 Å². The van der Waals surface area contributed by atoms with Crippen molar-refractivity contribution in [1.82, 2.24) is 4.90 Å². The van der Waals surface area contributed by atoms with Crippen molar-refractivity contribution >= 4 is 23.6 Å². The highest BCUT2D eigenvalue weighted by atomic mass is 32.2. The molecule has 0 radical (unpaired) electrons. The molecule has 1 aromatic carbocycles. The molecule has 0 aliphatic carbocycles. The van der Waals surface area contributed by atoms with E-state index in [1.54, 1.807) is 14.2 Å². The smallest absolute Gasteiger partial charge is 0.308 e. The number of ether oxygens (including phenoxy) is 3. The standard InChI is InChI=1S/C18H25NO5S/c1-12(25-14-5-6-15(22-2)16(11-14)23-3)17(20)19-9-7-13(8-10-19)18(21)24-4/h5-6,11-13H,7-10H2,1-4H3. The van der Waals surface area contributed by atoms with Gasteiger partial charge in [-0.05, 0) is 38.0 Å². The number of hydrogen-bond donors (Lipinski definition) is 0. The van der Waals surface area contributed by atoms with Crippen LogP contribution in [0, 0.1) is 5.92 Å². The molecule has 1 aliphatic heterocycles. The minimum Gasteiger partial charge on any atom is -0.493 e. The third kappa shape index (κ3) is 4.81. The van der Waals surface area contributed by atoms with Gasteiger partial charge in [-0.15, -0.1) is 11.8 Å². The summed E-state index contributed by atoms with van der Waals surface area (Å²) >= 11 is 1.49. The van der Waals surface area contributed by atoms with Crippen LogP contribution in [0.5, 0.6) is 11.5 Å². The summed E-state index contributed by atoms with van der Waals surface area (Å²) in [6.07, 6.45) is 1.32. The second kappa shape index (κ2) is 8.99. The molecule has 2 rings (SSSR count). The molecular formula is C18H25NO5S. The molecule has 0 N–H and O–H groups in total. The van der Waals surface area contributed by atoms with Crippen LogP contribution in [0.4, 0.5) is 0 Å². The van der Waals surface area contributed by atoms with E-state index in [9.17, 15) is 9.59 Å². The molecular weight excluding hydrogens is 342 g/mol. The van der Waals surface area contributed by atoms with Crippen LogP contribution < -0.4 is 9.47 Å². The zero-order valence-electron chi connectivity index (χ0n) is 15.1. The van der Waals surface area contributed by atoms with E-state index in [2.05, 4.69) is 0 Å². The minimum absolute atomic E-state index is 0.0862. The van der Waals surface area contributed by atoms with Crippen molar-refractivity contribution < 1.29 is 23.8 Å². The van der Waals surface area contributed by atoms with E-state index in [0.29, 0.717) is 37.4 Å². The molecule has 0 saturated carbocycles. The van der Waals surface area contributed by atoms with Crippen LogP contribution in [0.3, 0.4) is 0 Å². The molecule has 7 heteroatoms. The van der Waals surface area contributed by atoms with Crippen LogP contribution in [0.2, 0.25) is 0 Å². The van der Waals surface area contributed by atoms with Gasteiger partial charge in [-0.25, -0.2) is 0 Å². The largest absolute Gasteiger partial charge is 0.493 e. The highest BCUT2D eigenvalue weighted by Crippen LogP contribution is 2.34. The number of esters is 1. The quantitative estimate of drug-likeness (QED) is 0.569. The topological polar surface area (TPSA) is 65.1 Å². The third-order valence-electron chi connectivity index (χ3n) is 4.36. The second-order valence-corrected chi connectivity index (χ2v) is 7.31. The van der Waals surface area contributed by atoms with Gasteiger partial charge in [0.2, 0.25) is 5.91 Å². The van der Waals surface area contributed by atoms with Crippen molar-refractivity contribution in [1.29, 1.82) is 0 Å². The number of carbonyl (C=O) groups is 2. The Morgan fingerprint density at radius 3 is 2.32 bits per heavy atom. The summed E-state index contributed by atoms with van der Waals surface area (Å²) in [6, 6.07) is 5.62. The SMILES string of the molecule is COC(=O)C1CCN(C(=O)C(C)Sc2ccc(OC)c(OC)c2)CC1. The summed E-state index contributed by atoms with van der Waals surface area (Å²) in [5, 5.41) is -0.215. The van der Waals surface area contributed by atoms with E-state index in [-0.39, 0.29) is 23.0 Å². The number of amides is 1. The van der Waals surface area contributed by atoms with Gasteiger partial charge in [0, 0.05) is 18.0 Å². The molecule has 138 valence electrons. The summed E-state index contributed by atoms with van der Waals surface area (Å²) in [5.74, 6) is 1.12. The minimum atomic E-state index is -0.215. The summed E-state index contributed by atoms with van der Waals surface area (Å²) < 4.78 is 15.3. The molecule has 1 atom stereocenters. The van der Waals surface area contributed by atoms with Gasteiger partial charge in [-0.2, -0.15) is 0 Å². The second-order valence-electron chi connectivity index (χ2n) is 5.90. The molecule has 1 saturated heterocycles. The van der Waals surface area contributed by atoms with Crippen LogP contribution >= 0.6 is 11.8 Å². The van der Waals surface area contributed by atoms with Gasteiger partial charge in [0.05, 0.1) is 32.5 Å². The Hall–Kier alpha value is -1.89. The van der Waals surface area contributed by atoms with Crippen molar-refractivity contribution in [3.05, 3.63) is 18.2 Å². The number of thioether (sulfide) groups is 1. The lowest BCUT2D eigenvalue weighted by molar-refractivity contribution is -0.148. The molecule has 25 heavy (non-hydrogen) atoms. The zero-order valence-corrected chi connectivity index (χ0v) is 15.9. The molecule has 0 bridgehead atoms. The van der Waals surface area contributed by atoms with Crippen LogP contribution in [-0.4, -0.2) is 56.4 Å². The fourth-order valence-electron chi connectivity index (χ4n) is 2.90. The number of hydrogen-bond acceptors (Lipinski definition) is 6. The van der Waals surface area contributed by atoms with Gasteiger partial charge in [-0.1, -0.05) is 0 Å². The first-order valence-electron chi connectivity index (χ1n) is 8.25. The number of carbonyl (C=O) groups excluding carboxylic acids is 2. The molecule has 1 amide bonds. The highest BCUT2D eigenvalue weighted by Gasteiger charge is 2.30. The maximum absolute atomic E-state index is 12.7. The van der Waals surface area contributed by atoms with Gasteiger partial charge in [0.15, 0.2) is 11.5 Å². The molecule has 6 nitrogen and oxygen atoms in total. The Morgan fingerprint density at radius 1 is 1.12 bits per heavy atom. The molecule has 1 aliphatic rings. The summed E-state index contributed by atoms with van der Waals surface area (Å²) in [6.45, 7) is 3.08. The lowest BCUT2D eigenvalue weighted by atomic mass is 9.97. The van der Waals surface area contributed by atoms with E-state index in [1.165, 1.54) is 18.9 Å². The van der Waals surface area contributed by atoms with Crippen LogP contribution in [0.25, 0.3) is 0 Å². The van der Waals surface area contributed by atoms with Gasteiger partial charge >= 0.3 is 5.97 Å². The zero-order chi connectivity index (χ0) is 18.4. The predicted octanol–water partition coefficient (Wildman–Crippen LogP) is 2.60. The molecule has 1 unspecified atom stereocenters. The highest BCUT2D eigenvalue weighted by molar-refractivity contribution is 8.00. The molecule has 0 spiro atoms. The normalized spacial score (nSPS) is 16.2. The Labute approximate surface area is 152 Å². The van der Waals surface area contributed by atoms with Gasteiger partial charge in [-0.3, -0.25) is 9.59 Å². The first-order valence-corrected chi connectivity index (χ1v) is 9.13.